The van der Waals surface area contributed by atoms with E-state index >= 15 is 0 Å². The van der Waals surface area contributed by atoms with Crippen LogP contribution in [0, 0.1) is 0 Å². The van der Waals surface area contributed by atoms with Crippen LogP contribution in [0.25, 0.3) is 5.57 Å². The second-order valence-corrected chi connectivity index (χ2v) is 6.50. The van der Waals surface area contributed by atoms with Gasteiger partial charge in [-0.05, 0) is 28.8 Å². The van der Waals surface area contributed by atoms with Crippen molar-refractivity contribution in [2.75, 3.05) is 14.2 Å². The van der Waals surface area contributed by atoms with Gasteiger partial charge in [-0.25, -0.2) is 0 Å². The highest BCUT2D eigenvalue weighted by molar-refractivity contribution is 7.62. The van der Waals surface area contributed by atoms with Gasteiger partial charge in [0.05, 0.1) is 5.30 Å². The first kappa shape index (κ1) is 14.7. The summed E-state index contributed by atoms with van der Waals surface area (Å²) in [6.07, 6.45) is 0. The number of rotatable bonds is 5. The second kappa shape index (κ2) is 6.19. The first-order chi connectivity index (χ1) is 9.60. The van der Waals surface area contributed by atoms with Crippen LogP contribution in [0.1, 0.15) is 11.1 Å². The molecule has 0 aliphatic carbocycles. The van der Waals surface area contributed by atoms with Gasteiger partial charge < -0.3 is 9.05 Å². The third kappa shape index (κ3) is 2.91. The van der Waals surface area contributed by atoms with Gasteiger partial charge in [0.1, 0.15) is 0 Å². The summed E-state index contributed by atoms with van der Waals surface area (Å²) in [6.45, 7) is 4.10. The summed E-state index contributed by atoms with van der Waals surface area (Å²) in [5.74, 6) is 0. The van der Waals surface area contributed by atoms with E-state index in [1.807, 2.05) is 42.5 Å². The summed E-state index contributed by atoms with van der Waals surface area (Å²) in [5, 5.41) is 0.534. The summed E-state index contributed by atoms with van der Waals surface area (Å²) < 4.78 is 22.2. The van der Waals surface area contributed by atoms with Crippen LogP contribution in [0.3, 0.4) is 0 Å². The zero-order valence-electron chi connectivity index (χ0n) is 11.6. The van der Waals surface area contributed by atoms with Crippen molar-refractivity contribution in [2.45, 2.75) is 0 Å². The van der Waals surface area contributed by atoms with Crippen molar-refractivity contribution in [3.05, 3.63) is 72.3 Å². The van der Waals surface area contributed by atoms with E-state index in [-0.39, 0.29) is 0 Å². The molecule has 0 heterocycles. The zero-order chi connectivity index (χ0) is 14.6. The maximum atomic E-state index is 12.2. The van der Waals surface area contributed by atoms with E-state index in [0.717, 1.165) is 16.7 Å². The lowest BCUT2D eigenvalue weighted by Gasteiger charge is -2.14. The molecule has 0 aliphatic rings. The average molecular weight is 288 g/mol. The maximum Gasteiger partial charge on any atom is 0.360 e. The molecule has 0 saturated heterocycles. The van der Waals surface area contributed by atoms with Crippen molar-refractivity contribution >= 4 is 18.5 Å². The molecule has 0 atom stereocenters. The molecular formula is C16H17O3P. The van der Waals surface area contributed by atoms with Gasteiger partial charge in [-0.15, -0.1) is 0 Å². The Hall–Kier alpha value is -1.67. The Morgan fingerprint density at radius 2 is 1.40 bits per heavy atom. The first-order valence-electron chi connectivity index (χ1n) is 6.17. The molecule has 0 saturated carbocycles. The molecule has 0 aliphatic heterocycles. The molecule has 0 aromatic heterocycles. The van der Waals surface area contributed by atoms with Crippen LogP contribution in [-0.4, -0.2) is 14.2 Å². The smallest absolute Gasteiger partial charge is 0.309 e. The molecule has 104 valence electrons. The molecule has 0 spiro atoms. The Labute approximate surface area is 119 Å². The summed E-state index contributed by atoms with van der Waals surface area (Å²) in [5.41, 5.74) is 2.95. The highest BCUT2D eigenvalue weighted by atomic mass is 31.2. The molecule has 0 radical (unpaired) electrons. The van der Waals surface area contributed by atoms with Gasteiger partial charge in [-0.2, -0.15) is 0 Å². The van der Waals surface area contributed by atoms with Crippen LogP contribution in [0.4, 0.5) is 0 Å². The van der Waals surface area contributed by atoms with E-state index in [2.05, 4.69) is 6.58 Å². The standard InChI is InChI=1S/C16H17O3P/c1-13(14-7-5-4-6-8-14)15-9-11-16(12-10-15)20(17,18-2)19-3/h4-12H,1H2,2-3H3. The van der Waals surface area contributed by atoms with E-state index in [0.29, 0.717) is 5.30 Å². The molecule has 4 heteroatoms. The van der Waals surface area contributed by atoms with Crippen LogP contribution in [-0.2, 0) is 13.6 Å². The minimum Gasteiger partial charge on any atom is -0.309 e. The largest absolute Gasteiger partial charge is 0.360 e. The molecule has 20 heavy (non-hydrogen) atoms. The molecule has 3 nitrogen and oxygen atoms in total. The molecule has 2 aromatic rings. The van der Waals surface area contributed by atoms with E-state index in [9.17, 15) is 4.57 Å². The molecular weight excluding hydrogens is 271 g/mol. The fourth-order valence-corrected chi connectivity index (χ4v) is 3.02. The van der Waals surface area contributed by atoms with Crippen LogP contribution < -0.4 is 5.30 Å². The predicted octanol–water partition coefficient (Wildman–Crippen LogP) is 3.86. The third-order valence-electron chi connectivity index (χ3n) is 3.13. The van der Waals surface area contributed by atoms with Gasteiger partial charge in [-0.1, -0.05) is 49.0 Å². The lowest BCUT2D eigenvalue weighted by atomic mass is 10.00. The van der Waals surface area contributed by atoms with E-state index in [4.69, 9.17) is 9.05 Å². The van der Waals surface area contributed by atoms with Gasteiger partial charge in [0.15, 0.2) is 0 Å². The van der Waals surface area contributed by atoms with Crippen LogP contribution in [0.2, 0.25) is 0 Å². The van der Waals surface area contributed by atoms with Crippen LogP contribution in [0.15, 0.2) is 61.2 Å². The van der Waals surface area contributed by atoms with Gasteiger partial charge in [-0.3, -0.25) is 4.57 Å². The van der Waals surface area contributed by atoms with Crippen molar-refractivity contribution in [2.24, 2.45) is 0 Å². The molecule has 2 aromatic carbocycles. The molecule has 0 unspecified atom stereocenters. The Balaban J connectivity index is 2.30. The number of benzene rings is 2. The third-order valence-corrected chi connectivity index (χ3v) is 5.03. The Kier molecular flexibility index (Phi) is 4.56. The molecule has 0 amide bonds. The fourth-order valence-electron chi connectivity index (χ4n) is 1.94. The van der Waals surface area contributed by atoms with Crippen molar-refractivity contribution in [1.29, 1.82) is 0 Å². The van der Waals surface area contributed by atoms with E-state index < -0.39 is 7.60 Å². The monoisotopic (exact) mass is 288 g/mol. The minimum atomic E-state index is -3.19. The lowest BCUT2D eigenvalue weighted by molar-refractivity contribution is 0.287. The summed E-state index contributed by atoms with van der Waals surface area (Å²) >= 11 is 0. The van der Waals surface area contributed by atoms with Crippen molar-refractivity contribution < 1.29 is 13.6 Å². The first-order valence-corrected chi connectivity index (χ1v) is 7.72. The van der Waals surface area contributed by atoms with E-state index in [1.54, 1.807) is 12.1 Å². The van der Waals surface area contributed by atoms with Crippen molar-refractivity contribution in [1.82, 2.24) is 0 Å². The summed E-state index contributed by atoms with van der Waals surface area (Å²) in [6, 6.07) is 17.2. The van der Waals surface area contributed by atoms with Gasteiger partial charge in [0.2, 0.25) is 0 Å². The molecule has 0 N–H and O–H groups in total. The molecule has 0 fully saturated rings. The predicted molar refractivity (Wildman–Crippen MR) is 82.3 cm³/mol. The van der Waals surface area contributed by atoms with Gasteiger partial charge in [0.25, 0.3) is 0 Å². The normalized spacial score (nSPS) is 11.3. The minimum absolute atomic E-state index is 0.534. The van der Waals surface area contributed by atoms with Gasteiger partial charge >= 0.3 is 7.60 Å². The number of hydrogen-bond donors (Lipinski definition) is 0. The maximum absolute atomic E-state index is 12.2. The molecule has 0 bridgehead atoms. The highest BCUT2D eigenvalue weighted by Gasteiger charge is 2.23. The lowest BCUT2D eigenvalue weighted by Crippen LogP contribution is -2.07. The zero-order valence-corrected chi connectivity index (χ0v) is 12.5. The van der Waals surface area contributed by atoms with Crippen LogP contribution in [0.5, 0.6) is 0 Å². The Morgan fingerprint density at radius 1 is 0.900 bits per heavy atom. The van der Waals surface area contributed by atoms with E-state index in [1.165, 1.54) is 14.2 Å². The summed E-state index contributed by atoms with van der Waals surface area (Å²) in [4.78, 5) is 0. The molecule has 2 rings (SSSR count). The van der Waals surface area contributed by atoms with Gasteiger partial charge in [0, 0.05) is 14.2 Å². The van der Waals surface area contributed by atoms with Crippen LogP contribution >= 0.6 is 7.60 Å². The fraction of sp³-hybridized carbons (Fsp3) is 0.125. The summed E-state index contributed by atoms with van der Waals surface area (Å²) in [7, 11) is -0.433. The quantitative estimate of drug-likeness (QED) is 0.784. The average Bonchev–Trinajstić information content (AvgIpc) is 2.54. The number of hydrogen-bond acceptors (Lipinski definition) is 3. The SMILES string of the molecule is C=C(c1ccccc1)c1ccc(P(=O)(OC)OC)cc1. The van der Waals surface area contributed by atoms with Crippen molar-refractivity contribution in [3.63, 3.8) is 0 Å². The highest BCUT2D eigenvalue weighted by Crippen LogP contribution is 2.45. The Bertz CT molecular complexity index is 625. The van der Waals surface area contributed by atoms with Crippen molar-refractivity contribution in [3.8, 4) is 0 Å². The second-order valence-electron chi connectivity index (χ2n) is 4.25. The Morgan fingerprint density at radius 3 is 1.90 bits per heavy atom. The topological polar surface area (TPSA) is 35.5 Å².